The highest BCUT2D eigenvalue weighted by atomic mass is 32.1. The van der Waals surface area contributed by atoms with E-state index in [0.29, 0.717) is 0 Å². The van der Waals surface area contributed by atoms with Crippen LogP contribution < -0.4 is 5.32 Å². The third-order valence-electron chi connectivity index (χ3n) is 3.35. The minimum absolute atomic E-state index is 0.180. The Balaban J connectivity index is 2.39. The molecule has 2 aromatic heterocycles. The van der Waals surface area contributed by atoms with Crippen molar-refractivity contribution >= 4 is 11.3 Å². The van der Waals surface area contributed by atoms with Crippen LogP contribution in [-0.2, 0) is 0 Å². The van der Waals surface area contributed by atoms with Gasteiger partial charge in [0.2, 0.25) is 0 Å². The van der Waals surface area contributed by atoms with Gasteiger partial charge in [0.05, 0.1) is 0 Å². The molecule has 2 nitrogen and oxygen atoms in total. The number of aryl methyl sites for hydroxylation is 4. The second kappa shape index (κ2) is 5.29. The molecule has 0 bridgehead atoms. The molecule has 0 saturated heterocycles. The van der Waals surface area contributed by atoms with Gasteiger partial charge >= 0.3 is 0 Å². The third-order valence-corrected chi connectivity index (χ3v) is 4.56. The number of thiophene rings is 1. The summed E-state index contributed by atoms with van der Waals surface area (Å²) in [6.45, 7) is 11.5. The van der Waals surface area contributed by atoms with E-state index < -0.39 is 0 Å². The topological polar surface area (TPSA) is 25.2 Å². The number of rotatable bonds is 4. The summed E-state index contributed by atoms with van der Waals surface area (Å²) in [6, 6.07) is 4.59. The second-order valence-corrected chi connectivity index (χ2v) is 6.05. The molecular weight excluding hydrogens is 242 g/mol. The van der Waals surface area contributed by atoms with Crippen molar-refractivity contribution in [3.05, 3.63) is 44.5 Å². The molecular formula is C15H21NOS. The van der Waals surface area contributed by atoms with E-state index in [1.54, 1.807) is 0 Å². The predicted octanol–water partition coefficient (Wildman–Crippen LogP) is 4.27. The highest BCUT2D eigenvalue weighted by molar-refractivity contribution is 7.12. The maximum absolute atomic E-state index is 5.88. The first-order chi connectivity index (χ1) is 8.52. The lowest BCUT2D eigenvalue weighted by Crippen LogP contribution is -2.20. The maximum atomic E-state index is 5.88. The minimum Gasteiger partial charge on any atom is -0.464 e. The molecule has 0 amide bonds. The molecule has 2 rings (SSSR count). The highest BCUT2D eigenvalue weighted by Crippen LogP contribution is 2.32. The molecule has 0 spiro atoms. The third kappa shape index (κ3) is 2.52. The van der Waals surface area contributed by atoms with E-state index in [0.717, 1.165) is 18.1 Å². The summed E-state index contributed by atoms with van der Waals surface area (Å²) in [4.78, 5) is 2.72. The van der Waals surface area contributed by atoms with Gasteiger partial charge < -0.3 is 9.73 Å². The van der Waals surface area contributed by atoms with E-state index in [1.165, 1.54) is 20.9 Å². The van der Waals surface area contributed by atoms with Crippen molar-refractivity contribution in [1.29, 1.82) is 0 Å². The number of furan rings is 1. The van der Waals surface area contributed by atoms with Crippen LogP contribution in [0.25, 0.3) is 0 Å². The van der Waals surface area contributed by atoms with E-state index in [9.17, 15) is 0 Å². The van der Waals surface area contributed by atoms with E-state index in [4.69, 9.17) is 4.42 Å². The fourth-order valence-electron chi connectivity index (χ4n) is 2.03. The van der Waals surface area contributed by atoms with E-state index >= 15 is 0 Å². The lowest BCUT2D eigenvalue weighted by molar-refractivity contribution is 0.437. The van der Waals surface area contributed by atoms with E-state index in [1.807, 2.05) is 18.3 Å². The molecule has 2 heterocycles. The zero-order valence-electron chi connectivity index (χ0n) is 11.8. The first-order valence-electron chi connectivity index (χ1n) is 6.40. The molecule has 1 N–H and O–H groups in total. The molecule has 0 aromatic carbocycles. The SMILES string of the molecule is CCNC(c1cc(C)c(C)o1)c1cc(C)c(C)s1. The van der Waals surface area contributed by atoms with Gasteiger partial charge in [0.1, 0.15) is 17.6 Å². The Bertz CT molecular complexity index is 453. The predicted molar refractivity (Wildman–Crippen MR) is 77.5 cm³/mol. The first-order valence-corrected chi connectivity index (χ1v) is 7.21. The lowest BCUT2D eigenvalue weighted by atomic mass is 10.1. The Kier molecular flexibility index (Phi) is 3.93. The second-order valence-electron chi connectivity index (χ2n) is 4.77. The van der Waals surface area contributed by atoms with Crippen LogP contribution in [-0.4, -0.2) is 6.54 Å². The summed E-state index contributed by atoms with van der Waals surface area (Å²) < 4.78 is 5.88. The van der Waals surface area contributed by atoms with Crippen LogP contribution in [0.2, 0.25) is 0 Å². The van der Waals surface area contributed by atoms with Crippen molar-refractivity contribution in [3.63, 3.8) is 0 Å². The molecule has 0 fully saturated rings. The van der Waals surface area contributed by atoms with Gasteiger partial charge in [0.25, 0.3) is 0 Å². The summed E-state index contributed by atoms with van der Waals surface area (Å²) in [5.41, 5.74) is 2.58. The standard InChI is InChI=1S/C15H21NOS/c1-6-16-15(13-7-9(2)11(4)17-13)14-8-10(3)12(5)18-14/h7-8,15-16H,6H2,1-5H3. The summed E-state index contributed by atoms with van der Waals surface area (Å²) >= 11 is 1.85. The van der Waals surface area contributed by atoms with Crippen LogP contribution in [0.1, 0.15) is 45.4 Å². The van der Waals surface area contributed by atoms with Gasteiger partial charge in [0.15, 0.2) is 0 Å². The van der Waals surface area contributed by atoms with Crippen molar-refractivity contribution in [3.8, 4) is 0 Å². The minimum atomic E-state index is 0.180. The van der Waals surface area contributed by atoms with Crippen molar-refractivity contribution in [2.45, 2.75) is 40.7 Å². The fraction of sp³-hybridized carbons (Fsp3) is 0.467. The van der Waals surface area contributed by atoms with Gasteiger partial charge in [-0.15, -0.1) is 11.3 Å². The zero-order chi connectivity index (χ0) is 13.3. The normalized spacial score (nSPS) is 12.9. The smallest absolute Gasteiger partial charge is 0.126 e. The molecule has 18 heavy (non-hydrogen) atoms. The lowest BCUT2D eigenvalue weighted by Gasteiger charge is -2.13. The Morgan fingerprint density at radius 2 is 1.89 bits per heavy atom. The quantitative estimate of drug-likeness (QED) is 0.891. The van der Waals surface area contributed by atoms with Gasteiger partial charge in [-0.1, -0.05) is 6.92 Å². The Labute approximate surface area is 113 Å². The van der Waals surface area contributed by atoms with Crippen LogP contribution in [0, 0.1) is 27.7 Å². The Morgan fingerprint density at radius 1 is 1.17 bits per heavy atom. The molecule has 0 aliphatic heterocycles. The first kappa shape index (κ1) is 13.4. The Hall–Kier alpha value is -1.06. The molecule has 1 unspecified atom stereocenters. The molecule has 0 radical (unpaired) electrons. The maximum Gasteiger partial charge on any atom is 0.126 e. The summed E-state index contributed by atoms with van der Waals surface area (Å²) in [7, 11) is 0. The number of hydrogen-bond donors (Lipinski definition) is 1. The molecule has 98 valence electrons. The Morgan fingerprint density at radius 3 is 2.33 bits per heavy atom. The van der Waals surface area contributed by atoms with Gasteiger partial charge in [-0.05, 0) is 57.5 Å². The van der Waals surface area contributed by atoms with Crippen molar-refractivity contribution in [2.24, 2.45) is 0 Å². The molecule has 0 aliphatic carbocycles. The van der Waals surface area contributed by atoms with Crippen LogP contribution in [0.4, 0.5) is 0 Å². The van der Waals surface area contributed by atoms with Crippen LogP contribution in [0.3, 0.4) is 0 Å². The average molecular weight is 263 g/mol. The van der Waals surface area contributed by atoms with Gasteiger partial charge in [-0.25, -0.2) is 0 Å². The monoisotopic (exact) mass is 263 g/mol. The van der Waals surface area contributed by atoms with Crippen LogP contribution >= 0.6 is 11.3 Å². The van der Waals surface area contributed by atoms with Crippen LogP contribution in [0.5, 0.6) is 0 Å². The van der Waals surface area contributed by atoms with E-state index in [-0.39, 0.29) is 6.04 Å². The van der Waals surface area contributed by atoms with Gasteiger partial charge in [-0.2, -0.15) is 0 Å². The summed E-state index contributed by atoms with van der Waals surface area (Å²) in [5, 5.41) is 3.51. The van der Waals surface area contributed by atoms with Crippen LogP contribution in [0.15, 0.2) is 16.5 Å². The highest BCUT2D eigenvalue weighted by Gasteiger charge is 2.20. The molecule has 0 saturated carbocycles. The largest absolute Gasteiger partial charge is 0.464 e. The summed E-state index contributed by atoms with van der Waals surface area (Å²) in [5.74, 6) is 2.03. The number of hydrogen-bond acceptors (Lipinski definition) is 3. The van der Waals surface area contributed by atoms with Gasteiger partial charge in [0, 0.05) is 9.75 Å². The number of nitrogens with one attached hydrogen (secondary N) is 1. The zero-order valence-corrected chi connectivity index (χ0v) is 12.6. The fourth-order valence-corrected chi connectivity index (χ4v) is 3.16. The molecule has 0 aliphatic rings. The van der Waals surface area contributed by atoms with Crippen molar-refractivity contribution < 1.29 is 4.42 Å². The molecule has 3 heteroatoms. The molecule has 2 aromatic rings. The van der Waals surface area contributed by atoms with Crippen molar-refractivity contribution in [1.82, 2.24) is 5.32 Å². The van der Waals surface area contributed by atoms with Gasteiger partial charge in [-0.3, -0.25) is 0 Å². The average Bonchev–Trinajstić information content (AvgIpc) is 2.81. The summed E-state index contributed by atoms with van der Waals surface area (Å²) in [6.07, 6.45) is 0. The molecule has 1 atom stereocenters. The van der Waals surface area contributed by atoms with Crippen molar-refractivity contribution in [2.75, 3.05) is 6.54 Å². The van der Waals surface area contributed by atoms with E-state index in [2.05, 4.69) is 45.1 Å².